The van der Waals surface area contributed by atoms with Crippen molar-refractivity contribution in [1.82, 2.24) is 9.80 Å². The van der Waals surface area contributed by atoms with Crippen molar-refractivity contribution < 1.29 is 0 Å². The number of likely N-dealkylation sites (N-methyl/N-ethyl adjacent to an activating group) is 1. The molecule has 1 aliphatic heterocycles. The average molecular weight is 326 g/mol. The van der Waals surface area contributed by atoms with Crippen molar-refractivity contribution in [3.63, 3.8) is 0 Å². The number of nitrogens with two attached hydrogens (primary N) is 1. The van der Waals surface area contributed by atoms with Gasteiger partial charge in [-0.1, -0.05) is 34.1 Å². The summed E-state index contributed by atoms with van der Waals surface area (Å²) >= 11 is 3.61. The fraction of sp³-hybridized carbons (Fsp3) is 0.600. The number of likely N-dealkylation sites (tertiary alicyclic amines) is 1. The molecule has 1 heterocycles. The third-order valence-corrected chi connectivity index (χ3v) is 4.60. The molecule has 1 fully saturated rings. The second-order valence-electron chi connectivity index (χ2n) is 5.51. The lowest BCUT2D eigenvalue weighted by atomic mass is 10.1. The van der Waals surface area contributed by atoms with Crippen LogP contribution in [0.25, 0.3) is 0 Å². The van der Waals surface area contributed by atoms with E-state index in [1.807, 2.05) is 0 Å². The Hall–Kier alpha value is -0.420. The molecular weight excluding hydrogens is 302 g/mol. The van der Waals surface area contributed by atoms with Crippen molar-refractivity contribution in [2.75, 3.05) is 33.2 Å². The smallest absolute Gasteiger partial charge is 0.0242 e. The zero-order valence-corrected chi connectivity index (χ0v) is 13.3. The van der Waals surface area contributed by atoms with E-state index in [0.29, 0.717) is 6.04 Å². The largest absolute Gasteiger partial charge is 0.328 e. The van der Waals surface area contributed by atoms with Crippen molar-refractivity contribution in [2.24, 2.45) is 5.73 Å². The third kappa shape index (κ3) is 4.88. The standard InChI is InChI=1S/C15H24BrN3/c1-18(12-13-4-2-3-5-15(13)16)10-11-19-8-6-14(17)7-9-19/h2-5,14H,6-12,17H2,1H3. The van der Waals surface area contributed by atoms with E-state index >= 15 is 0 Å². The van der Waals surface area contributed by atoms with Crippen LogP contribution >= 0.6 is 15.9 Å². The Labute approximate surface area is 124 Å². The average Bonchev–Trinajstić information content (AvgIpc) is 2.41. The van der Waals surface area contributed by atoms with E-state index in [9.17, 15) is 0 Å². The first-order valence-electron chi connectivity index (χ1n) is 7.05. The summed E-state index contributed by atoms with van der Waals surface area (Å²) in [5.41, 5.74) is 7.28. The monoisotopic (exact) mass is 325 g/mol. The quantitative estimate of drug-likeness (QED) is 0.901. The zero-order chi connectivity index (χ0) is 13.7. The molecule has 0 amide bonds. The summed E-state index contributed by atoms with van der Waals surface area (Å²) in [6.07, 6.45) is 2.29. The molecule has 0 bridgehead atoms. The van der Waals surface area contributed by atoms with Gasteiger partial charge in [0, 0.05) is 30.1 Å². The summed E-state index contributed by atoms with van der Waals surface area (Å²) in [4.78, 5) is 4.91. The number of nitrogens with zero attached hydrogens (tertiary/aromatic N) is 2. The SMILES string of the molecule is CN(CCN1CCC(N)CC1)Cc1ccccc1Br. The molecule has 0 saturated carbocycles. The van der Waals surface area contributed by atoms with Crippen LogP contribution in [0.15, 0.2) is 28.7 Å². The van der Waals surface area contributed by atoms with E-state index in [2.05, 4.69) is 57.0 Å². The van der Waals surface area contributed by atoms with Gasteiger partial charge in [0.25, 0.3) is 0 Å². The maximum Gasteiger partial charge on any atom is 0.0242 e. The number of hydrogen-bond acceptors (Lipinski definition) is 3. The van der Waals surface area contributed by atoms with Gasteiger partial charge in [-0.2, -0.15) is 0 Å². The van der Waals surface area contributed by atoms with Crippen LogP contribution < -0.4 is 5.73 Å². The van der Waals surface area contributed by atoms with Crippen molar-refractivity contribution in [2.45, 2.75) is 25.4 Å². The van der Waals surface area contributed by atoms with Crippen molar-refractivity contribution in [3.05, 3.63) is 34.3 Å². The summed E-state index contributed by atoms with van der Waals surface area (Å²) in [5.74, 6) is 0. The Bertz CT molecular complexity index is 389. The topological polar surface area (TPSA) is 32.5 Å². The van der Waals surface area contributed by atoms with Crippen molar-refractivity contribution >= 4 is 15.9 Å². The molecule has 0 aliphatic carbocycles. The van der Waals surface area contributed by atoms with E-state index < -0.39 is 0 Å². The number of rotatable bonds is 5. The molecular formula is C15H24BrN3. The predicted molar refractivity (Wildman–Crippen MR) is 84.1 cm³/mol. The molecule has 1 saturated heterocycles. The van der Waals surface area contributed by atoms with Crippen LogP contribution in [0.5, 0.6) is 0 Å². The van der Waals surface area contributed by atoms with Crippen LogP contribution in [0.3, 0.4) is 0 Å². The highest BCUT2D eigenvalue weighted by atomic mass is 79.9. The van der Waals surface area contributed by atoms with Crippen LogP contribution in [0.1, 0.15) is 18.4 Å². The Morgan fingerprint density at radius 3 is 2.68 bits per heavy atom. The van der Waals surface area contributed by atoms with E-state index in [1.165, 1.54) is 10.0 Å². The Morgan fingerprint density at radius 2 is 2.00 bits per heavy atom. The van der Waals surface area contributed by atoms with Crippen LogP contribution in [-0.2, 0) is 6.54 Å². The van der Waals surface area contributed by atoms with Crippen LogP contribution in [0, 0.1) is 0 Å². The van der Waals surface area contributed by atoms with Gasteiger partial charge in [0.1, 0.15) is 0 Å². The van der Waals surface area contributed by atoms with E-state index in [4.69, 9.17) is 5.73 Å². The molecule has 19 heavy (non-hydrogen) atoms. The van der Waals surface area contributed by atoms with Crippen LogP contribution in [0.4, 0.5) is 0 Å². The first-order valence-corrected chi connectivity index (χ1v) is 7.84. The van der Waals surface area contributed by atoms with Gasteiger partial charge >= 0.3 is 0 Å². The molecule has 0 atom stereocenters. The lowest BCUT2D eigenvalue weighted by molar-refractivity contribution is 0.183. The Morgan fingerprint density at radius 1 is 1.32 bits per heavy atom. The van der Waals surface area contributed by atoms with Gasteiger partial charge in [-0.25, -0.2) is 0 Å². The highest BCUT2D eigenvalue weighted by Crippen LogP contribution is 2.17. The van der Waals surface area contributed by atoms with Gasteiger partial charge in [-0.3, -0.25) is 0 Å². The van der Waals surface area contributed by atoms with Gasteiger partial charge in [0.05, 0.1) is 0 Å². The summed E-state index contributed by atoms with van der Waals surface area (Å²) in [5, 5.41) is 0. The molecule has 2 N–H and O–H groups in total. The fourth-order valence-corrected chi connectivity index (χ4v) is 2.90. The number of benzene rings is 1. The molecule has 0 unspecified atom stereocenters. The van der Waals surface area contributed by atoms with Gasteiger partial charge in [0.2, 0.25) is 0 Å². The molecule has 106 valence electrons. The fourth-order valence-electron chi connectivity index (χ4n) is 2.49. The highest BCUT2D eigenvalue weighted by Gasteiger charge is 2.15. The molecule has 2 rings (SSSR count). The second kappa shape index (κ2) is 7.39. The van der Waals surface area contributed by atoms with Gasteiger partial charge < -0.3 is 15.5 Å². The predicted octanol–water partition coefficient (Wildman–Crippen LogP) is 2.30. The summed E-state index contributed by atoms with van der Waals surface area (Å²) < 4.78 is 1.20. The van der Waals surface area contributed by atoms with Crippen molar-refractivity contribution in [3.8, 4) is 0 Å². The highest BCUT2D eigenvalue weighted by molar-refractivity contribution is 9.10. The molecule has 0 spiro atoms. The minimum Gasteiger partial charge on any atom is -0.328 e. The number of hydrogen-bond donors (Lipinski definition) is 1. The zero-order valence-electron chi connectivity index (χ0n) is 11.7. The van der Waals surface area contributed by atoms with E-state index in [-0.39, 0.29) is 0 Å². The molecule has 0 aromatic heterocycles. The summed E-state index contributed by atoms with van der Waals surface area (Å²) in [6, 6.07) is 8.87. The minimum atomic E-state index is 0.425. The molecule has 1 aromatic carbocycles. The van der Waals surface area contributed by atoms with Crippen molar-refractivity contribution in [1.29, 1.82) is 0 Å². The first kappa shape index (κ1) is 15.0. The number of halogens is 1. The Kier molecular flexibility index (Phi) is 5.82. The molecule has 1 aliphatic rings. The minimum absolute atomic E-state index is 0.425. The first-order chi connectivity index (χ1) is 9.15. The number of piperidine rings is 1. The summed E-state index contributed by atoms with van der Waals surface area (Å²) in [7, 11) is 2.19. The van der Waals surface area contributed by atoms with Gasteiger partial charge in [-0.15, -0.1) is 0 Å². The van der Waals surface area contributed by atoms with Crippen LogP contribution in [0.2, 0.25) is 0 Å². The normalized spacial score (nSPS) is 18.1. The van der Waals surface area contributed by atoms with Crippen LogP contribution in [-0.4, -0.2) is 49.1 Å². The molecule has 4 heteroatoms. The lowest BCUT2D eigenvalue weighted by Crippen LogP contribution is -2.42. The molecule has 0 radical (unpaired) electrons. The van der Waals surface area contributed by atoms with E-state index in [0.717, 1.165) is 45.6 Å². The van der Waals surface area contributed by atoms with E-state index in [1.54, 1.807) is 0 Å². The maximum atomic E-state index is 5.93. The Balaban J connectivity index is 1.73. The van der Waals surface area contributed by atoms with Gasteiger partial charge in [0.15, 0.2) is 0 Å². The molecule has 3 nitrogen and oxygen atoms in total. The maximum absolute atomic E-state index is 5.93. The lowest BCUT2D eigenvalue weighted by Gasteiger charge is -2.31. The molecule has 1 aromatic rings. The third-order valence-electron chi connectivity index (χ3n) is 3.83. The van der Waals surface area contributed by atoms with Gasteiger partial charge in [-0.05, 0) is 44.6 Å². The summed E-state index contributed by atoms with van der Waals surface area (Å²) in [6.45, 7) is 5.56. The second-order valence-corrected chi connectivity index (χ2v) is 6.36.